The van der Waals surface area contributed by atoms with Crippen LogP contribution in [-0.2, 0) is 9.53 Å². The van der Waals surface area contributed by atoms with E-state index in [1.807, 2.05) is 23.7 Å². The molecule has 0 unspecified atom stereocenters. The number of halogens is 1. The van der Waals surface area contributed by atoms with Gasteiger partial charge in [-0.2, -0.15) is 0 Å². The van der Waals surface area contributed by atoms with Crippen molar-refractivity contribution in [2.24, 2.45) is 5.92 Å². The van der Waals surface area contributed by atoms with Gasteiger partial charge >= 0.3 is 0 Å². The molecule has 0 bridgehead atoms. The van der Waals surface area contributed by atoms with Crippen LogP contribution >= 0.6 is 0 Å². The molecule has 0 radical (unpaired) electrons. The van der Waals surface area contributed by atoms with Crippen LogP contribution in [0, 0.1) is 18.7 Å². The molecule has 7 nitrogen and oxygen atoms in total. The van der Waals surface area contributed by atoms with E-state index in [2.05, 4.69) is 40.0 Å². The molecule has 5 rings (SSSR count). The number of rotatable bonds is 5. The second-order valence-corrected chi connectivity index (χ2v) is 9.58. The standard InChI is InChI=1S/C26H32FN5O2/c1-17(2)31-6-4-19(15-31)26(33)29-23-14-21(18(3)12-22(23)27)20-13-24(30-8-10-34-11-9-30)25-28-5-7-32(25)16-20/h5,7,12-14,16-17,19H,4,6,8-11,15H2,1-3H3,(H,29,33)/t19-/m1/s1. The monoisotopic (exact) mass is 465 g/mol. The molecule has 8 heteroatoms. The first kappa shape index (κ1) is 22.8. The molecule has 1 atom stereocenters. The molecule has 1 aromatic carbocycles. The molecule has 1 N–H and O–H groups in total. The van der Waals surface area contributed by atoms with Gasteiger partial charge in [-0.15, -0.1) is 0 Å². The number of fused-ring (bicyclic) bond motifs is 1. The van der Waals surface area contributed by atoms with E-state index in [1.165, 1.54) is 6.07 Å². The summed E-state index contributed by atoms with van der Waals surface area (Å²) in [4.78, 5) is 22.0. The van der Waals surface area contributed by atoms with Crippen LogP contribution in [0.3, 0.4) is 0 Å². The largest absolute Gasteiger partial charge is 0.378 e. The van der Waals surface area contributed by atoms with Gasteiger partial charge in [0.15, 0.2) is 5.65 Å². The number of ether oxygens (including phenoxy) is 1. The minimum absolute atomic E-state index is 0.115. The van der Waals surface area contributed by atoms with E-state index >= 15 is 0 Å². The highest BCUT2D eigenvalue weighted by Gasteiger charge is 2.30. The summed E-state index contributed by atoms with van der Waals surface area (Å²) >= 11 is 0. The first-order valence-corrected chi connectivity index (χ1v) is 12.1. The summed E-state index contributed by atoms with van der Waals surface area (Å²) in [5.41, 5.74) is 4.79. The molecule has 4 heterocycles. The van der Waals surface area contributed by atoms with Gasteiger partial charge in [-0.25, -0.2) is 9.37 Å². The number of pyridine rings is 1. The zero-order chi connectivity index (χ0) is 23.8. The molecule has 34 heavy (non-hydrogen) atoms. The number of benzene rings is 1. The predicted octanol–water partition coefficient (Wildman–Crippen LogP) is 3.95. The predicted molar refractivity (Wildman–Crippen MR) is 132 cm³/mol. The number of hydrogen-bond donors (Lipinski definition) is 1. The van der Waals surface area contributed by atoms with Gasteiger partial charge in [-0.3, -0.25) is 4.79 Å². The highest BCUT2D eigenvalue weighted by atomic mass is 19.1. The van der Waals surface area contributed by atoms with Crippen LogP contribution < -0.4 is 10.2 Å². The van der Waals surface area contributed by atoms with Crippen molar-refractivity contribution in [1.29, 1.82) is 0 Å². The third-order valence-electron chi connectivity index (χ3n) is 7.02. The second kappa shape index (κ2) is 9.35. The fraction of sp³-hybridized carbons (Fsp3) is 0.462. The van der Waals surface area contributed by atoms with Crippen molar-refractivity contribution in [2.45, 2.75) is 33.2 Å². The smallest absolute Gasteiger partial charge is 0.228 e. The summed E-state index contributed by atoms with van der Waals surface area (Å²) in [5.74, 6) is -0.650. The van der Waals surface area contributed by atoms with Gasteiger partial charge in [0.1, 0.15) is 5.82 Å². The lowest BCUT2D eigenvalue weighted by molar-refractivity contribution is -0.119. The number of morpholine rings is 1. The second-order valence-electron chi connectivity index (χ2n) is 9.58. The Morgan fingerprint density at radius 1 is 1.21 bits per heavy atom. The summed E-state index contributed by atoms with van der Waals surface area (Å²) in [7, 11) is 0. The van der Waals surface area contributed by atoms with Crippen LogP contribution in [0.15, 0.2) is 36.8 Å². The third kappa shape index (κ3) is 4.40. The van der Waals surface area contributed by atoms with Crippen molar-refractivity contribution in [3.8, 4) is 11.1 Å². The molecule has 2 aliphatic heterocycles. The normalized spacial score (nSPS) is 19.3. The molecule has 0 aliphatic carbocycles. The first-order valence-electron chi connectivity index (χ1n) is 12.1. The van der Waals surface area contributed by atoms with Crippen LogP contribution in [0.5, 0.6) is 0 Å². The van der Waals surface area contributed by atoms with Crippen LogP contribution in [0.1, 0.15) is 25.8 Å². The Hall–Kier alpha value is -2.97. The number of nitrogens with zero attached hydrogens (tertiary/aromatic N) is 4. The number of imidazole rings is 1. The van der Waals surface area contributed by atoms with E-state index in [9.17, 15) is 9.18 Å². The van der Waals surface area contributed by atoms with Crippen molar-refractivity contribution >= 4 is 22.9 Å². The Labute approximate surface area is 199 Å². The molecule has 0 spiro atoms. The minimum atomic E-state index is -0.412. The first-order chi connectivity index (χ1) is 16.4. The topological polar surface area (TPSA) is 62.1 Å². The van der Waals surface area contributed by atoms with E-state index in [4.69, 9.17) is 4.74 Å². The van der Waals surface area contributed by atoms with Gasteiger partial charge < -0.3 is 24.3 Å². The molecular formula is C26H32FN5O2. The van der Waals surface area contributed by atoms with E-state index in [0.29, 0.717) is 25.8 Å². The Bertz CT molecular complexity index is 1200. The van der Waals surface area contributed by atoms with Crippen LogP contribution in [0.25, 0.3) is 16.8 Å². The lowest BCUT2D eigenvalue weighted by Crippen LogP contribution is -2.36. The zero-order valence-electron chi connectivity index (χ0n) is 20.1. The summed E-state index contributed by atoms with van der Waals surface area (Å²) < 4.78 is 22.4. The molecule has 2 fully saturated rings. The summed E-state index contributed by atoms with van der Waals surface area (Å²) in [6.07, 6.45) is 6.51. The van der Waals surface area contributed by atoms with Gasteiger partial charge in [-0.05, 0) is 63.1 Å². The Morgan fingerprint density at radius 2 is 2.00 bits per heavy atom. The molecule has 2 aliphatic rings. The fourth-order valence-corrected chi connectivity index (χ4v) is 4.98. The number of anilines is 2. The van der Waals surface area contributed by atoms with Gasteiger partial charge in [0.2, 0.25) is 5.91 Å². The van der Waals surface area contributed by atoms with E-state index in [0.717, 1.165) is 54.1 Å². The highest BCUT2D eigenvalue weighted by Crippen LogP contribution is 2.34. The number of aromatic nitrogens is 2. The van der Waals surface area contributed by atoms with Crippen molar-refractivity contribution in [3.63, 3.8) is 0 Å². The Kier molecular flexibility index (Phi) is 6.27. The molecule has 3 aromatic rings. The van der Waals surface area contributed by atoms with Crippen molar-refractivity contribution in [1.82, 2.24) is 14.3 Å². The van der Waals surface area contributed by atoms with Gasteiger partial charge in [0, 0.05) is 49.8 Å². The fourth-order valence-electron chi connectivity index (χ4n) is 4.98. The zero-order valence-corrected chi connectivity index (χ0v) is 20.1. The molecule has 1 amide bonds. The Morgan fingerprint density at radius 3 is 2.74 bits per heavy atom. The lowest BCUT2D eigenvalue weighted by atomic mass is 9.99. The maximum absolute atomic E-state index is 14.9. The van der Waals surface area contributed by atoms with Crippen LogP contribution in [0.2, 0.25) is 0 Å². The third-order valence-corrected chi connectivity index (χ3v) is 7.02. The Balaban J connectivity index is 1.46. The molecule has 2 aromatic heterocycles. The maximum Gasteiger partial charge on any atom is 0.228 e. The molecule has 180 valence electrons. The molecule has 0 saturated carbocycles. The summed E-state index contributed by atoms with van der Waals surface area (Å²) in [6, 6.07) is 5.78. The van der Waals surface area contributed by atoms with Crippen LogP contribution in [-0.4, -0.2) is 65.6 Å². The number of carbonyl (C=O) groups excluding carboxylic acids is 1. The van der Waals surface area contributed by atoms with Gasteiger partial charge in [0.05, 0.1) is 30.5 Å². The van der Waals surface area contributed by atoms with Crippen molar-refractivity contribution < 1.29 is 13.9 Å². The minimum Gasteiger partial charge on any atom is -0.378 e. The van der Waals surface area contributed by atoms with E-state index in [1.54, 1.807) is 12.3 Å². The number of hydrogen-bond acceptors (Lipinski definition) is 5. The number of carbonyl (C=O) groups is 1. The number of amides is 1. The SMILES string of the molecule is Cc1cc(F)c(NC(=O)[C@@H]2CCN(C(C)C)C2)cc1-c1cc(N2CCOCC2)c2nccn2c1. The number of likely N-dealkylation sites (tertiary alicyclic amines) is 1. The molecule has 2 saturated heterocycles. The highest BCUT2D eigenvalue weighted by molar-refractivity contribution is 5.94. The van der Waals surface area contributed by atoms with Gasteiger partial charge in [0.25, 0.3) is 0 Å². The number of nitrogens with one attached hydrogen (secondary N) is 1. The van der Waals surface area contributed by atoms with E-state index in [-0.39, 0.29) is 17.5 Å². The maximum atomic E-state index is 14.9. The lowest BCUT2D eigenvalue weighted by Gasteiger charge is -2.29. The number of aryl methyl sites for hydroxylation is 1. The average molecular weight is 466 g/mol. The van der Waals surface area contributed by atoms with Gasteiger partial charge in [-0.1, -0.05) is 0 Å². The van der Waals surface area contributed by atoms with Crippen LogP contribution in [0.4, 0.5) is 15.8 Å². The summed E-state index contributed by atoms with van der Waals surface area (Å²) in [6.45, 7) is 10.7. The summed E-state index contributed by atoms with van der Waals surface area (Å²) in [5, 5.41) is 2.87. The van der Waals surface area contributed by atoms with Crippen molar-refractivity contribution in [3.05, 3.63) is 48.2 Å². The average Bonchev–Trinajstić information content (AvgIpc) is 3.51. The van der Waals surface area contributed by atoms with E-state index < -0.39 is 5.82 Å². The van der Waals surface area contributed by atoms with Crippen molar-refractivity contribution in [2.75, 3.05) is 49.6 Å². The molecular weight excluding hydrogens is 433 g/mol. The quantitative estimate of drug-likeness (QED) is 0.618.